The van der Waals surface area contributed by atoms with Crippen molar-refractivity contribution in [2.24, 2.45) is 0 Å². The van der Waals surface area contributed by atoms with E-state index < -0.39 is 23.7 Å². The summed E-state index contributed by atoms with van der Waals surface area (Å²) in [4.78, 5) is 30.4. The Bertz CT molecular complexity index is 733. The van der Waals surface area contributed by atoms with Gasteiger partial charge in [-0.3, -0.25) is 9.88 Å². The van der Waals surface area contributed by atoms with Gasteiger partial charge in [0.15, 0.2) is 11.5 Å². The Morgan fingerprint density at radius 3 is 2.68 bits per heavy atom. The van der Waals surface area contributed by atoms with Crippen molar-refractivity contribution >= 4 is 12.1 Å². The molecule has 9 nitrogen and oxygen atoms in total. The highest BCUT2D eigenvalue weighted by molar-refractivity contribution is 5.82. The molecule has 28 heavy (non-hydrogen) atoms. The second kappa shape index (κ2) is 8.22. The summed E-state index contributed by atoms with van der Waals surface area (Å²) in [5, 5.41) is 3.35. The second-order valence-corrected chi connectivity index (χ2v) is 7.80. The minimum atomic E-state index is -0.675. The molecule has 154 valence electrons. The molecule has 3 rings (SSSR count). The lowest BCUT2D eigenvalue weighted by atomic mass is 10.1. The number of fused-ring (bicyclic) bond motifs is 1. The van der Waals surface area contributed by atoms with Crippen molar-refractivity contribution in [1.29, 1.82) is 0 Å². The maximum atomic E-state index is 12.5. The van der Waals surface area contributed by atoms with Gasteiger partial charge in [0.25, 0.3) is 0 Å². The number of nitrogens with one attached hydrogen (secondary N) is 1. The number of ether oxygens (including phenoxy) is 4. The summed E-state index contributed by atoms with van der Waals surface area (Å²) in [6, 6.07) is 1.07. The summed E-state index contributed by atoms with van der Waals surface area (Å²) in [7, 11) is 1.31. The van der Waals surface area contributed by atoms with Gasteiger partial charge in [-0.25, -0.2) is 9.59 Å². The number of carbonyl (C=O) groups excluding carboxylic acids is 2. The highest BCUT2D eigenvalue weighted by atomic mass is 16.6. The zero-order valence-electron chi connectivity index (χ0n) is 16.7. The maximum Gasteiger partial charge on any atom is 0.411 e. The van der Waals surface area contributed by atoms with Crippen LogP contribution in [0.15, 0.2) is 12.3 Å². The molecule has 0 saturated carbocycles. The maximum absolute atomic E-state index is 12.5. The molecule has 1 saturated heterocycles. The third kappa shape index (κ3) is 4.83. The molecule has 2 atom stereocenters. The molecule has 1 fully saturated rings. The average Bonchev–Trinajstić information content (AvgIpc) is 3.09. The summed E-state index contributed by atoms with van der Waals surface area (Å²) in [6.07, 6.45) is 1.56. The van der Waals surface area contributed by atoms with Crippen LogP contribution in [0.1, 0.15) is 32.9 Å². The highest BCUT2D eigenvalue weighted by Gasteiger charge is 2.42. The molecule has 0 unspecified atom stereocenters. The Morgan fingerprint density at radius 1 is 1.29 bits per heavy atom. The van der Waals surface area contributed by atoms with E-state index in [0.29, 0.717) is 44.2 Å². The minimum absolute atomic E-state index is 0.0911. The smallest absolute Gasteiger partial charge is 0.411 e. The number of nitrogens with zero attached hydrogens (tertiary/aromatic N) is 2. The van der Waals surface area contributed by atoms with Gasteiger partial charge in [0.05, 0.1) is 19.0 Å². The van der Waals surface area contributed by atoms with Gasteiger partial charge in [0.2, 0.25) is 0 Å². The van der Waals surface area contributed by atoms with Crippen molar-refractivity contribution in [1.82, 2.24) is 15.2 Å². The zero-order chi connectivity index (χ0) is 20.3. The third-order valence-electron chi connectivity index (χ3n) is 4.46. The average molecular weight is 393 g/mol. The van der Waals surface area contributed by atoms with E-state index in [1.807, 2.05) is 6.07 Å². The first kappa shape index (κ1) is 20.2. The van der Waals surface area contributed by atoms with Crippen molar-refractivity contribution < 1.29 is 28.5 Å². The van der Waals surface area contributed by atoms with Crippen LogP contribution in [-0.2, 0) is 20.8 Å². The molecular weight excluding hydrogens is 366 g/mol. The largest absolute Gasteiger partial charge is 0.486 e. The molecule has 1 N–H and O–H groups in total. The number of methoxy groups -OCH3 is 1. The quantitative estimate of drug-likeness (QED) is 0.769. The number of pyridine rings is 1. The summed E-state index contributed by atoms with van der Waals surface area (Å²) in [6.45, 7) is 7.21. The molecular formula is C19H27N3O6. The summed E-state index contributed by atoms with van der Waals surface area (Å²) < 4.78 is 21.3. The fourth-order valence-electron chi connectivity index (χ4n) is 3.20. The topological polar surface area (TPSA) is 99.2 Å². The number of esters is 1. The van der Waals surface area contributed by atoms with Crippen molar-refractivity contribution in [3.8, 4) is 11.5 Å². The first-order valence-electron chi connectivity index (χ1n) is 9.32. The fourth-order valence-corrected chi connectivity index (χ4v) is 3.20. The van der Waals surface area contributed by atoms with Crippen LogP contribution >= 0.6 is 0 Å². The second-order valence-electron chi connectivity index (χ2n) is 7.80. The molecule has 0 spiro atoms. The minimum Gasteiger partial charge on any atom is -0.486 e. The van der Waals surface area contributed by atoms with E-state index >= 15 is 0 Å². The lowest BCUT2D eigenvalue weighted by molar-refractivity contribution is -0.145. The van der Waals surface area contributed by atoms with Crippen molar-refractivity contribution in [3.63, 3.8) is 0 Å². The van der Waals surface area contributed by atoms with Gasteiger partial charge >= 0.3 is 12.1 Å². The molecule has 2 aliphatic rings. The Hall–Kier alpha value is -2.55. The van der Waals surface area contributed by atoms with Crippen LogP contribution in [0, 0.1) is 0 Å². The fraction of sp³-hybridized carbons (Fsp3) is 0.632. The number of carbonyl (C=O) groups is 2. The van der Waals surface area contributed by atoms with E-state index in [1.54, 1.807) is 27.0 Å². The van der Waals surface area contributed by atoms with Crippen LogP contribution in [-0.4, -0.2) is 66.5 Å². The van der Waals surface area contributed by atoms with Gasteiger partial charge in [-0.2, -0.15) is 0 Å². The Balaban J connectivity index is 1.63. The van der Waals surface area contributed by atoms with Crippen LogP contribution < -0.4 is 14.8 Å². The van der Waals surface area contributed by atoms with E-state index in [9.17, 15) is 9.59 Å². The number of amides is 1. The summed E-state index contributed by atoms with van der Waals surface area (Å²) in [5.41, 5.74) is 0.146. The van der Waals surface area contributed by atoms with Crippen LogP contribution in [0.3, 0.4) is 0 Å². The van der Waals surface area contributed by atoms with Gasteiger partial charge in [-0.15, -0.1) is 0 Å². The third-order valence-corrected chi connectivity index (χ3v) is 4.46. The predicted octanol–water partition coefficient (Wildman–Crippen LogP) is 1.49. The number of hydrogen-bond acceptors (Lipinski definition) is 8. The molecule has 0 bridgehead atoms. The molecule has 1 amide bonds. The molecule has 0 aliphatic carbocycles. The zero-order valence-corrected chi connectivity index (χ0v) is 16.7. The van der Waals surface area contributed by atoms with Crippen molar-refractivity contribution in [2.45, 2.75) is 51.4 Å². The molecule has 1 aromatic rings. The molecule has 2 aliphatic heterocycles. The van der Waals surface area contributed by atoms with E-state index in [-0.39, 0.29) is 6.04 Å². The van der Waals surface area contributed by atoms with Crippen molar-refractivity contribution in [3.05, 3.63) is 18.0 Å². The van der Waals surface area contributed by atoms with Gasteiger partial charge in [-0.05, 0) is 27.2 Å². The van der Waals surface area contributed by atoms with E-state index in [0.717, 1.165) is 5.69 Å². The van der Waals surface area contributed by atoms with Gasteiger partial charge in [0, 0.05) is 25.2 Å². The van der Waals surface area contributed by atoms with Crippen LogP contribution in [0.25, 0.3) is 0 Å². The predicted molar refractivity (Wildman–Crippen MR) is 99.2 cm³/mol. The Morgan fingerprint density at radius 2 is 2.00 bits per heavy atom. The number of rotatable bonds is 4. The first-order valence-corrected chi connectivity index (χ1v) is 9.32. The van der Waals surface area contributed by atoms with E-state index in [4.69, 9.17) is 18.9 Å². The van der Waals surface area contributed by atoms with Crippen LogP contribution in [0.4, 0.5) is 4.79 Å². The molecule has 1 aromatic heterocycles. The summed E-state index contributed by atoms with van der Waals surface area (Å²) in [5.74, 6) is 0.859. The Kier molecular flexibility index (Phi) is 5.93. The lowest BCUT2D eigenvalue weighted by Crippen LogP contribution is -2.44. The van der Waals surface area contributed by atoms with Crippen LogP contribution in [0.5, 0.6) is 11.5 Å². The monoisotopic (exact) mass is 393 g/mol. The van der Waals surface area contributed by atoms with Gasteiger partial charge < -0.3 is 24.3 Å². The number of hydrogen-bond donors (Lipinski definition) is 1. The normalized spacial score (nSPS) is 21.4. The number of aromatic nitrogens is 1. The van der Waals surface area contributed by atoms with Crippen LogP contribution in [0.2, 0.25) is 0 Å². The molecule has 0 aromatic carbocycles. The first-order chi connectivity index (χ1) is 13.3. The molecule has 0 radical (unpaired) electrons. The highest BCUT2D eigenvalue weighted by Crippen LogP contribution is 2.29. The van der Waals surface area contributed by atoms with E-state index in [1.165, 1.54) is 12.0 Å². The van der Waals surface area contributed by atoms with Crippen molar-refractivity contribution in [2.75, 3.05) is 26.9 Å². The lowest BCUT2D eigenvalue weighted by Gasteiger charge is -2.27. The SMILES string of the molecule is COC(=O)[C@@H]1C[C@@H](NCc2cc3c(cn2)OCCO3)CN1C(=O)OC(C)(C)C. The summed E-state index contributed by atoms with van der Waals surface area (Å²) >= 11 is 0. The standard InChI is InChI=1S/C19H27N3O6/c1-19(2,3)28-18(24)22-11-13(7-14(22)17(23)25-4)20-9-12-8-15-16(10-21-12)27-6-5-26-15/h8,10,13-14,20H,5-7,9,11H2,1-4H3/t13-,14+/m1/s1. The molecule has 9 heteroatoms. The molecule has 3 heterocycles. The number of likely N-dealkylation sites (tertiary alicyclic amines) is 1. The van der Waals surface area contributed by atoms with Gasteiger partial charge in [0.1, 0.15) is 24.9 Å². The van der Waals surface area contributed by atoms with Gasteiger partial charge in [-0.1, -0.05) is 0 Å². The van der Waals surface area contributed by atoms with E-state index in [2.05, 4.69) is 10.3 Å². The Labute approximate surface area is 164 Å².